The van der Waals surface area contributed by atoms with Crippen LogP contribution in [-0.2, 0) is 14.3 Å². The minimum Gasteiger partial charge on any atom is -0.466 e. The summed E-state index contributed by atoms with van der Waals surface area (Å²) in [4.78, 5) is 11.0. The molecule has 0 unspecified atom stereocenters. The van der Waals surface area contributed by atoms with Gasteiger partial charge in [-0.2, -0.15) is 0 Å². The van der Waals surface area contributed by atoms with Crippen LogP contribution >= 0.6 is 0 Å². The van der Waals surface area contributed by atoms with Gasteiger partial charge in [-0.3, -0.25) is 0 Å². The molecule has 4 nitrogen and oxygen atoms in total. The highest BCUT2D eigenvalue weighted by atomic mass is 16.5. The van der Waals surface area contributed by atoms with E-state index in [1.165, 1.54) is 7.11 Å². The molecule has 1 N–H and O–H groups in total. The van der Waals surface area contributed by atoms with Crippen molar-refractivity contribution in [2.24, 2.45) is 0 Å². The molecule has 0 spiro atoms. The van der Waals surface area contributed by atoms with Crippen LogP contribution in [-0.4, -0.2) is 38.9 Å². The quantitative estimate of drug-likeness (QED) is 0.393. The molecule has 0 atom stereocenters. The Morgan fingerprint density at radius 2 is 2.13 bits per heavy atom. The molecular weight excluding hydrogens is 194 g/mol. The van der Waals surface area contributed by atoms with E-state index in [2.05, 4.69) is 10.1 Å². The first-order chi connectivity index (χ1) is 7.07. The van der Waals surface area contributed by atoms with Gasteiger partial charge in [0, 0.05) is 18.7 Å². The van der Waals surface area contributed by atoms with Crippen LogP contribution in [0.15, 0.2) is 11.6 Å². The Hall–Kier alpha value is -0.870. The molecule has 0 saturated heterocycles. The predicted octanol–water partition coefficient (Wildman–Crippen LogP) is 1.12. The molecule has 0 aliphatic heterocycles. The number of hydrogen-bond donors (Lipinski definition) is 1. The molecule has 0 amide bonds. The third kappa shape index (κ3) is 8.15. The maximum atomic E-state index is 11.0. The molecule has 0 aliphatic carbocycles. The molecule has 0 aromatic carbocycles. The van der Waals surface area contributed by atoms with Gasteiger partial charge >= 0.3 is 5.97 Å². The summed E-state index contributed by atoms with van der Waals surface area (Å²) in [5.41, 5.74) is 0.620. The largest absolute Gasteiger partial charge is 0.466 e. The van der Waals surface area contributed by atoms with Gasteiger partial charge in [-0.1, -0.05) is 6.08 Å². The molecule has 0 saturated carbocycles. The Kier molecular flexibility index (Phi) is 7.95. The molecule has 4 heteroatoms. The number of hydrogen-bond acceptors (Lipinski definition) is 4. The Morgan fingerprint density at radius 1 is 1.47 bits per heavy atom. The number of ether oxygens (including phenoxy) is 2. The van der Waals surface area contributed by atoms with Gasteiger partial charge in [0.2, 0.25) is 0 Å². The lowest BCUT2D eigenvalue weighted by Crippen LogP contribution is -2.21. The molecular formula is C11H21NO3. The molecule has 88 valence electrons. The Balaban J connectivity index is 3.48. The maximum Gasteiger partial charge on any atom is 0.333 e. The van der Waals surface area contributed by atoms with Gasteiger partial charge in [-0.05, 0) is 20.8 Å². The topological polar surface area (TPSA) is 47.6 Å². The van der Waals surface area contributed by atoms with E-state index in [9.17, 15) is 4.79 Å². The lowest BCUT2D eigenvalue weighted by molar-refractivity contribution is -0.136. The van der Waals surface area contributed by atoms with Gasteiger partial charge < -0.3 is 14.8 Å². The van der Waals surface area contributed by atoms with Crippen LogP contribution in [0.4, 0.5) is 0 Å². The maximum absolute atomic E-state index is 11.0. The minimum atomic E-state index is -0.282. The van der Waals surface area contributed by atoms with E-state index >= 15 is 0 Å². The van der Waals surface area contributed by atoms with Gasteiger partial charge in [-0.15, -0.1) is 0 Å². The van der Waals surface area contributed by atoms with E-state index in [4.69, 9.17) is 4.74 Å². The second kappa shape index (κ2) is 8.44. The smallest absolute Gasteiger partial charge is 0.333 e. The second-order valence-electron chi connectivity index (χ2n) is 3.50. The van der Waals surface area contributed by atoms with Crippen LogP contribution in [0.3, 0.4) is 0 Å². The summed E-state index contributed by atoms with van der Waals surface area (Å²) < 4.78 is 9.90. The zero-order valence-corrected chi connectivity index (χ0v) is 10.0. The molecule has 0 aromatic heterocycles. The Morgan fingerprint density at radius 3 is 2.67 bits per heavy atom. The standard InChI is InChI=1S/C11H21NO3/c1-9(2)15-8-7-12-6-5-10(3)11(13)14-4/h5,9,12H,6-8H2,1-4H3. The summed E-state index contributed by atoms with van der Waals surface area (Å²) in [5, 5.41) is 3.14. The molecule has 0 fully saturated rings. The normalized spacial score (nSPS) is 11.9. The van der Waals surface area contributed by atoms with Crippen LogP contribution in [0, 0.1) is 0 Å². The minimum absolute atomic E-state index is 0.263. The van der Waals surface area contributed by atoms with E-state index in [-0.39, 0.29) is 12.1 Å². The molecule has 15 heavy (non-hydrogen) atoms. The third-order valence-electron chi connectivity index (χ3n) is 1.79. The van der Waals surface area contributed by atoms with E-state index in [0.29, 0.717) is 18.7 Å². The van der Waals surface area contributed by atoms with Crippen molar-refractivity contribution < 1.29 is 14.3 Å². The van der Waals surface area contributed by atoms with Crippen molar-refractivity contribution in [2.75, 3.05) is 26.8 Å². The fourth-order valence-electron chi connectivity index (χ4n) is 0.938. The molecule has 0 bridgehead atoms. The first-order valence-electron chi connectivity index (χ1n) is 5.15. The van der Waals surface area contributed by atoms with Crippen molar-refractivity contribution in [1.29, 1.82) is 0 Å². The van der Waals surface area contributed by atoms with Gasteiger partial charge in [-0.25, -0.2) is 4.79 Å². The second-order valence-corrected chi connectivity index (χ2v) is 3.50. The number of nitrogens with one attached hydrogen (secondary N) is 1. The van der Waals surface area contributed by atoms with Crippen LogP contribution in [0.1, 0.15) is 20.8 Å². The summed E-state index contributed by atoms with van der Waals surface area (Å²) in [7, 11) is 1.38. The molecule has 0 aliphatic rings. The van der Waals surface area contributed by atoms with Crippen LogP contribution < -0.4 is 5.32 Å². The van der Waals surface area contributed by atoms with Gasteiger partial charge in [0.05, 0.1) is 19.8 Å². The van der Waals surface area contributed by atoms with E-state index < -0.39 is 0 Å². The fourth-order valence-corrected chi connectivity index (χ4v) is 0.938. The van der Waals surface area contributed by atoms with Gasteiger partial charge in [0.1, 0.15) is 0 Å². The first-order valence-corrected chi connectivity index (χ1v) is 5.15. The lowest BCUT2D eigenvalue weighted by atomic mass is 10.3. The number of methoxy groups -OCH3 is 1. The van der Waals surface area contributed by atoms with Crippen LogP contribution in [0.5, 0.6) is 0 Å². The molecule has 0 rings (SSSR count). The average molecular weight is 215 g/mol. The fraction of sp³-hybridized carbons (Fsp3) is 0.727. The monoisotopic (exact) mass is 215 g/mol. The highest BCUT2D eigenvalue weighted by Gasteiger charge is 2.00. The zero-order valence-electron chi connectivity index (χ0n) is 10.0. The summed E-state index contributed by atoms with van der Waals surface area (Å²) in [6.45, 7) is 7.86. The van der Waals surface area contributed by atoms with Gasteiger partial charge in [0.15, 0.2) is 0 Å². The summed E-state index contributed by atoms with van der Waals surface area (Å²) in [6, 6.07) is 0. The lowest BCUT2D eigenvalue weighted by Gasteiger charge is -2.07. The predicted molar refractivity (Wildman–Crippen MR) is 59.7 cm³/mol. The van der Waals surface area contributed by atoms with Crippen molar-refractivity contribution in [2.45, 2.75) is 26.9 Å². The van der Waals surface area contributed by atoms with Crippen LogP contribution in [0.25, 0.3) is 0 Å². The molecule has 0 radical (unpaired) electrons. The summed E-state index contributed by atoms with van der Waals surface area (Å²) >= 11 is 0. The summed E-state index contributed by atoms with van der Waals surface area (Å²) in [6.07, 6.45) is 2.07. The number of carbonyl (C=O) groups excluding carboxylic acids is 1. The van der Waals surface area contributed by atoms with Gasteiger partial charge in [0.25, 0.3) is 0 Å². The molecule has 0 aromatic rings. The van der Waals surface area contributed by atoms with Crippen molar-refractivity contribution in [3.63, 3.8) is 0 Å². The molecule has 0 heterocycles. The SMILES string of the molecule is COC(=O)C(C)=CCNCCOC(C)C. The van der Waals surface area contributed by atoms with Crippen LogP contribution in [0.2, 0.25) is 0 Å². The highest BCUT2D eigenvalue weighted by molar-refractivity contribution is 5.87. The zero-order chi connectivity index (χ0) is 11.7. The number of rotatable bonds is 7. The van der Waals surface area contributed by atoms with Crippen molar-refractivity contribution in [1.82, 2.24) is 5.32 Å². The third-order valence-corrected chi connectivity index (χ3v) is 1.79. The van der Waals surface area contributed by atoms with Crippen molar-refractivity contribution in [3.8, 4) is 0 Å². The van der Waals surface area contributed by atoms with Crippen molar-refractivity contribution >= 4 is 5.97 Å². The average Bonchev–Trinajstić information content (AvgIpc) is 2.21. The highest BCUT2D eigenvalue weighted by Crippen LogP contribution is 1.93. The van der Waals surface area contributed by atoms with E-state index in [1.54, 1.807) is 13.0 Å². The Bertz CT molecular complexity index is 212. The first kappa shape index (κ1) is 14.1. The number of carbonyl (C=O) groups is 1. The van der Waals surface area contributed by atoms with E-state index in [0.717, 1.165) is 6.54 Å². The Labute approximate surface area is 91.6 Å². The van der Waals surface area contributed by atoms with E-state index in [1.807, 2.05) is 13.8 Å². The summed E-state index contributed by atoms with van der Waals surface area (Å²) in [5.74, 6) is -0.282. The number of esters is 1. The van der Waals surface area contributed by atoms with Crippen molar-refractivity contribution in [3.05, 3.63) is 11.6 Å².